The molecule has 0 aliphatic rings. The molecule has 0 bridgehead atoms. The highest BCUT2D eigenvalue weighted by molar-refractivity contribution is 5.97. The minimum atomic E-state index is -0.0987. The van der Waals surface area contributed by atoms with Crippen molar-refractivity contribution in [3.05, 3.63) is 95.6 Å². The molecule has 0 aliphatic heterocycles. The highest BCUT2D eigenvalue weighted by Crippen LogP contribution is 2.32. The third kappa shape index (κ3) is 4.47. The SMILES string of the molecule is COc1cccc(C(=O)N(Cc2ccccc2)Cc2ccccc2)c1OC. The van der Waals surface area contributed by atoms with Crippen molar-refractivity contribution >= 4 is 5.91 Å². The summed E-state index contributed by atoms with van der Waals surface area (Å²) in [5.41, 5.74) is 2.64. The molecular weight excluding hydrogens is 338 g/mol. The van der Waals surface area contributed by atoms with Gasteiger partial charge >= 0.3 is 0 Å². The van der Waals surface area contributed by atoms with Gasteiger partial charge in [0.25, 0.3) is 5.91 Å². The molecule has 0 saturated carbocycles. The van der Waals surface area contributed by atoms with Crippen molar-refractivity contribution in [1.82, 2.24) is 4.90 Å². The minimum absolute atomic E-state index is 0.0987. The lowest BCUT2D eigenvalue weighted by Gasteiger charge is -2.24. The number of carbonyl (C=O) groups is 1. The molecule has 0 N–H and O–H groups in total. The Morgan fingerprint density at radius 2 is 1.30 bits per heavy atom. The maximum absolute atomic E-state index is 13.4. The summed E-state index contributed by atoms with van der Waals surface area (Å²) in [5.74, 6) is 0.900. The topological polar surface area (TPSA) is 38.8 Å². The molecule has 1 amide bonds. The van der Waals surface area contributed by atoms with Gasteiger partial charge in [0.1, 0.15) is 0 Å². The quantitative estimate of drug-likeness (QED) is 0.620. The van der Waals surface area contributed by atoms with Crippen molar-refractivity contribution in [3.63, 3.8) is 0 Å². The Balaban J connectivity index is 1.95. The summed E-state index contributed by atoms with van der Waals surface area (Å²) >= 11 is 0. The van der Waals surface area contributed by atoms with Crippen LogP contribution in [0.1, 0.15) is 21.5 Å². The molecule has 4 nitrogen and oxygen atoms in total. The van der Waals surface area contributed by atoms with Gasteiger partial charge in [-0.05, 0) is 23.3 Å². The predicted octanol–water partition coefficient (Wildman–Crippen LogP) is 4.55. The van der Waals surface area contributed by atoms with Crippen LogP contribution in [0.25, 0.3) is 0 Å². The van der Waals surface area contributed by atoms with E-state index in [0.717, 1.165) is 11.1 Å². The van der Waals surface area contributed by atoms with Crippen LogP contribution >= 0.6 is 0 Å². The standard InChI is InChI=1S/C23H23NO3/c1-26-21-15-9-14-20(22(21)27-2)23(25)24(16-18-10-5-3-6-11-18)17-19-12-7-4-8-13-19/h3-15H,16-17H2,1-2H3. The Labute approximate surface area is 160 Å². The third-order valence-corrected chi connectivity index (χ3v) is 4.35. The van der Waals surface area contributed by atoms with E-state index in [4.69, 9.17) is 9.47 Å². The number of benzene rings is 3. The highest BCUT2D eigenvalue weighted by Gasteiger charge is 2.22. The lowest BCUT2D eigenvalue weighted by molar-refractivity contribution is 0.0726. The second-order valence-corrected chi connectivity index (χ2v) is 6.17. The number of hydrogen-bond acceptors (Lipinski definition) is 3. The summed E-state index contributed by atoms with van der Waals surface area (Å²) in [6.07, 6.45) is 0. The van der Waals surface area contributed by atoms with E-state index in [-0.39, 0.29) is 5.91 Å². The molecule has 3 rings (SSSR count). The van der Waals surface area contributed by atoms with Gasteiger partial charge in [-0.25, -0.2) is 0 Å². The molecule has 0 heterocycles. The van der Waals surface area contributed by atoms with Crippen LogP contribution in [0.4, 0.5) is 0 Å². The number of amides is 1. The van der Waals surface area contributed by atoms with Gasteiger partial charge in [-0.15, -0.1) is 0 Å². The molecule has 0 aromatic heterocycles. The van der Waals surface area contributed by atoms with Crippen molar-refractivity contribution in [2.45, 2.75) is 13.1 Å². The van der Waals surface area contributed by atoms with E-state index in [9.17, 15) is 4.79 Å². The molecule has 3 aromatic carbocycles. The van der Waals surface area contributed by atoms with Crippen LogP contribution in [0.3, 0.4) is 0 Å². The van der Waals surface area contributed by atoms with E-state index in [1.54, 1.807) is 32.4 Å². The molecule has 0 aliphatic carbocycles. The first-order valence-electron chi connectivity index (χ1n) is 8.81. The molecule has 0 radical (unpaired) electrons. The first-order valence-corrected chi connectivity index (χ1v) is 8.81. The molecule has 138 valence electrons. The second kappa shape index (κ2) is 8.90. The van der Waals surface area contributed by atoms with Gasteiger partial charge in [-0.1, -0.05) is 66.7 Å². The fourth-order valence-corrected chi connectivity index (χ4v) is 3.03. The van der Waals surface area contributed by atoms with Crippen molar-refractivity contribution in [2.75, 3.05) is 14.2 Å². The highest BCUT2D eigenvalue weighted by atomic mass is 16.5. The molecule has 0 unspecified atom stereocenters. The van der Waals surface area contributed by atoms with E-state index in [0.29, 0.717) is 30.2 Å². The number of hydrogen-bond donors (Lipinski definition) is 0. The van der Waals surface area contributed by atoms with Crippen LogP contribution in [0, 0.1) is 0 Å². The van der Waals surface area contributed by atoms with Gasteiger partial charge in [0.15, 0.2) is 11.5 Å². The monoisotopic (exact) mass is 361 g/mol. The first-order chi connectivity index (χ1) is 13.2. The maximum atomic E-state index is 13.4. The van der Waals surface area contributed by atoms with Gasteiger partial charge in [0.2, 0.25) is 0 Å². The fraction of sp³-hybridized carbons (Fsp3) is 0.174. The van der Waals surface area contributed by atoms with Gasteiger partial charge < -0.3 is 14.4 Å². The van der Waals surface area contributed by atoms with Crippen molar-refractivity contribution in [3.8, 4) is 11.5 Å². The Bertz CT molecular complexity index is 837. The lowest BCUT2D eigenvalue weighted by atomic mass is 10.1. The largest absolute Gasteiger partial charge is 0.493 e. The number of carbonyl (C=O) groups excluding carboxylic acids is 1. The molecule has 0 spiro atoms. The van der Waals surface area contributed by atoms with Crippen molar-refractivity contribution < 1.29 is 14.3 Å². The number of para-hydroxylation sites is 1. The molecule has 0 fully saturated rings. The Morgan fingerprint density at radius 3 is 1.78 bits per heavy atom. The Kier molecular flexibility index (Phi) is 6.10. The predicted molar refractivity (Wildman–Crippen MR) is 106 cm³/mol. The summed E-state index contributed by atoms with van der Waals surface area (Å²) in [6, 6.07) is 25.3. The number of methoxy groups -OCH3 is 2. The first kappa shape index (κ1) is 18.5. The number of rotatable bonds is 7. The third-order valence-electron chi connectivity index (χ3n) is 4.35. The summed E-state index contributed by atoms with van der Waals surface area (Å²) in [7, 11) is 3.12. The minimum Gasteiger partial charge on any atom is -0.493 e. The van der Waals surface area contributed by atoms with Crippen LogP contribution in [0.2, 0.25) is 0 Å². The van der Waals surface area contributed by atoms with Crippen LogP contribution in [-0.2, 0) is 13.1 Å². The summed E-state index contributed by atoms with van der Waals surface area (Å²) < 4.78 is 10.8. The zero-order chi connectivity index (χ0) is 19.1. The van der Waals surface area contributed by atoms with Gasteiger partial charge in [-0.2, -0.15) is 0 Å². The van der Waals surface area contributed by atoms with E-state index < -0.39 is 0 Å². The van der Waals surface area contributed by atoms with Crippen LogP contribution in [0.5, 0.6) is 11.5 Å². The van der Waals surface area contributed by atoms with E-state index in [2.05, 4.69) is 0 Å². The Hall–Kier alpha value is -3.27. The maximum Gasteiger partial charge on any atom is 0.258 e. The molecule has 3 aromatic rings. The Morgan fingerprint density at radius 1 is 0.741 bits per heavy atom. The fourth-order valence-electron chi connectivity index (χ4n) is 3.03. The van der Waals surface area contributed by atoms with Crippen LogP contribution in [0.15, 0.2) is 78.9 Å². The molecule has 0 atom stereocenters. The molecule has 27 heavy (non-hydrogen) atoms. The summed E-state index contributed by atoms with van der Waals surface area (Å²) in [4.78, 5) is 15.2. The summed E-state index contributed by atoms with van der Waals surface area (Å²) in [5, 5.41) is 0. The average Bonchev–Trinajstić information content (AvgIpc) is 2.73. The van der Waals surface area contributed by atoms with Crippen molar-refractivity contribution in [1.29, 1.82) is 0 Å². The zero-order valence-corrected chi connectivity index (χ0v) is 15.6. The molecular formula is C23H23NO3. The van der Waals surface area contributed by atoms with Crippen LogP contribution in [-0.4, -0.2) is 25.0 Å². The zero-order valence-electron chi connectivity index (χ0n) is 15.6. The molecule has 4 heteroatoms. The van der Waals surface area contributed by atoms with Crippen LogP contribution < -0.4 is 9.47 Å². The van der Waals surface area contributed by atoms with Gasteiger partial charge in [0.05, 0.1) is 19.8 Å². The lowest BCUT2D eigenvalue weighted by Crippen LogP contribution is -2.30. The van der Waals surface area contributed by atoms with Crippen molar-refractivity contribution in [2.24, 2.45) is 0 Å². The second-order valence-electron chi connectivity index (χ2n) is 6.17. The van der Waals surface area contributed by atoms with E-state index >= 15 is 0 Å². The number of nitrogens with zero attached hydrogens (tertiary/aromatic N) is 1. The average molecular weight is 361 g/mol. The van der Waals surface area contributed by atoms with E-state index in [1.165, 1.54) is 0 Å². The molecule has 0 saturated heterocycles. The van der Waals surface area contributed by atoms with Gasteiger partial charge in [0, 0.05) is 13.1 Å². The number of ether oxygens (including phenoxy) is 2. The van der Waals surface area contributed by atoms with E-state index in [1.807, 2.05) is 65.6 Å². The normalized spacial score (nSPS) is 10.3. The smallest absolute Gasteiger partial charge is 0.258 e. The van der Waals surface area contributed by atoms with Gasteiger partial charge in [-0.3, -0.25) is 4.79 Å². The summed E-state index contributed by atoms with van der Waals surface area (Å²) in [6.45, 7) is 1.02.